The molecule has 2 rings (SSSR count). The van der Waals surface area contributed by atoms with Crippen molar-refractivity contribution in [3.63, 3.8) is 0 Å². The summed E-state index contributed by atoms with van der Waals surface area (Å²) in [4.78, 5) is 6.83. The van der Waals surface area contributed by atoms with Gasteiger partial charge in [-0.05, 0) is 37.9 Å². The first-order valence-electron chi connectivity index (χ1n) is 10.7. The third kappa shape index (κ3) is 7.78. The highest BCUT2D eigenvalue weighted by atomic mass is 16.5. The van der Waals surface area contributed by atoms with Crippen molar-refractivity contribution in [2.24, 2.45) is 4.99 Å². The number of nitrogens with one attached hydrogen (secondary N) is 2. The summed E-state index contributed by atoms with van der Waals surface area (Å²) in [6, 6.07) is 11.0. The van der Waals surface area contributed by atoms with Gasteiger partial charge in [0.2, 0.25) is 0 Å². The van der Waals surface area contributed by atoms with Crippen molar-refractivity contribution in [1.82, 2.24) is 15.5 Å². The third-order valence-electron chi connectivity index (χ3n) is 5.21. The van der Waals surface area contributed by atoms with Gasteiger partial charge >= 0.3 is 0 Å². The van der Waals surface area contributed by atoms with Crippen molar-refractivity contribution in [3.05, 3.63) is 35.9 Å². The molecule has 0 radical (unpaired) electrons. The quantitative estimate of drug-likeness (QED) is 0.327. The molecule has 28 heavy (non-hydrogen) atoms. The van der Waals surface area contributed by atoms with Crippen LogP contribution in [0.1, 0.15) is 44.7 Å². The van der Waals surface area contributed by atoms with Crippen molar-refractivity contribution < 1.29 is 9.47 Å². The standard InChI is InChI=1S/C22H38N4O2/c1-4-26(5-2)21(19-11-7-6-8-12-19)17-25-22(23-3)24-14-10-15-27-18-20-13-9-16-28-20/h6-8,11-12,20-21H,4-5,9-10,13-18H2,1-3H3,(H2,23,24,25). The highest BCUT2D eigenvalue weighted by Crippen LogP contribution is 2.19. The maximum Gasteiger partial charge on any atom is 0.191 e. The Labute approximate surface area is 170 Å². The summed E-state index contributed by atoms with van der Waals surface area (Å²) in [5.74, 6) is 0.840. The summed E-state index contributed by atoms with van der Waals surface area (Å²) in [5.41, 5.74) is 1.33. The first kappa shape index (κ1) is 22.7. The largest absolute Gasteiger partial charge is 0.379 e. The van der Waals surface area contributed by atoms with Gasteiger partial charge in [-0.25, -0.2) is 0 Å². The molecule has 0 saturated carbocycles. The molecule has 6 heteroatoms. The number of likely N-dealkylation sites (N-methyl/N-ethyl adjacent to an activating group) is 1. The lowest BCUT2D eigenvalue weighted by Gasteiger charge is -2.30. The van der Waals surface area contributed by atoms with Crippen LogP contribution >= 0.6 is 0 Å². The number of guanidine groups is 1. The van der Waals surface area contributed by atoms with Gasteiger partial charge in [-0.1, -0.05) is 44.2 Å². The van der Waals surface area contributed by atoms with Crippen molar-refractivity contribution in [2.75, 3.05) is 53.0 Å². The number of hydrogen-bond donors (Lipinski definition) is 2. The van der Waals surface area contributed by atoms with Gasteiger partial charge in [0, 0.05) is 33.4 Å². The lowest BCUT2D eigenvalue weighted by atomic mass is 10.1. The Morgan fingerprint density at radius 1 is 1.25 bits per heavy atom. The second kappa shape index (κ2) is 13.5. The second-order valence-corrected chi connectivity index (χ2v) is 7.09. The Hall–Kier alpha value is -1.63. The maximum atomic E-state index is 5.72. The molecule has 2 N–H and O–H groups in total. The zero-order chi connectivity index (χ0) is 20.0. The molecule has 1 saturated heterocycles. The molecule has 2 unspecified atom stereocenters. The minimum absolute atomic E-state index is 0.303. The van der Waals surface area contributed by atoms with E-state index in [1.165, 1.54) is 5.56 Å². The molecule has 0 spiro atoms. The zero-order valence-electron chi connectivity index (χ0n) is 17.8. The summed E-state index contributed by atoms with van der Waals surface area (Å²) in [7, 11) is 1.82. The lowest BCUT2D eigenvalue weighted by Crippen LogP contribution is -2.43. The molecular weight excluding hydrogens is 352 g/mol. The summed E-state index contributed by atoms with van der Waals surface area (Å²) in [6.07, 6.45) is 3.54. The van der Waals surface area contributed by atoms with E-state index in [2.05, 4.69) is 64.7 Å². The summed E-state index contributed by atoms with van der Waals surface area (Å²) in [5, 5.41) is 6.88. The number of benzene rings is 1. The molecule has 1 fully saturated rings. The van der Waals surface area contributed by atoms with Crippen LogP contribution in [0.3, 0.4) is 0 Å². The fourth-order valence-corrected chi connectivity index (χ4v) is 3.58. The van der Waals surface area contributed by atoms with E-state index in [-0.39, 0.29) is 0 Å². The molecule has 1 aliphatic heterocycles. The normalized spacial score (nSPS) is 18.4. The van der Waals surface area contributed by atoms with E-state index in [9.17, 15) is 0 Å². The molecule has 0 aliphatic carbocycles. The minimum Gasteiger partial charge on any atom is -0.379 e. The molecule has 0 bridgehead atoms. The van der Waals surface area contributed by atoms with Gasteiger partial charge < -0.3 is 20.1 Å². The van der Waals surface area contributed by atoms with Gasteiger partial charge in [0.15, 0.2) is 5.96 Å². The number of ether oxygens (including phenoxy) is 2. The fraction of sp³-hybridized carbons (Fsp3) is 0.682. The minimum atomic E-state index is 0.303. The van der Waals surface area contributed by atoms with Gasteiger partial charge in [0.1, 0.15) is 0 Å². The molecule has 0 amide bonds. The van der Waals surface area contributed by atoms with E-state index in [0.717, 1.165) is 71.2 Å². The van der Waals surface area contributed by atoms with Gasteiger partial charge in [0.25, 0.3) is 0 Å². The number of nitrogens with zero attached hydrogens (tertiary/aromatic N) is 2. The molecule has 1 aliphatic rings. The van der Waals surface area contributed by atoms with Gasteiger partial charge in [-0.15, -0.1) is 0 Å². The Morgan fingerprint density at radius 3 is 2.68 bits per heavy atom. The van der Waals surface area contributed by atoms with Crippen LogP contribution in [0.2, 0.25) is 0 Å². The maximum absolute atomic E-state index is 5.72. The summed E-state index contributed by atoms with van der Waals surface area (Å²) < 4.78 is 11.3. The van der Waals surface area contributed by atoms with Gasteiger partial charge in [-0.2, -0.15) is 0 Å². The van der Waals surface area contributed by atoms with Crippen LogP contribution in [-0.4, -0.2) is 70.0 Å². The van der Waals surface area contributed by atoms with Crippen molar-refractivity contribution in [1.29, 1.82) is 0 Å². The van der Waals surface area contributed by atoms with Crippen LogP contribution in [-0.2, 0) is 9.47 Å². The van der Waals surface area contributed by atoms with Crippen molar-refractivity contribution in [3.8, 4) is 0 Å². The Bertz CT molecular complexity index is 543. The Balaban J connectivity index is 1.71. The molecule has 158 valence electrons. The first-order chi connectivity index (χ1) is 13.8. The SMILES string of the molecule is CCN(CC)C(CNC(=NC)NCCCOCC1CCCO1)c1ccccc1. The van der Waals surface area contributed by atoms with Crippen LogP contribution in [0.15, 0.2) is 35.3 Å². The van der Waals surface area contributed by atoms with E-state index in [1.807, 2.05) is 7.05 Å². The fourth-order valence-electron chi connectivity index (χ4n) is 3.58. The van der Waals surface area contributed by atoms with Crippen LogP contribution in [0, 0.1) is 0 Å². The molecular formula is C22H38N4O2. The molecule has 1 heterocycles. The molecule has 2 atom stereocenters. The Kier molecular flexibility index (Phi) is 10.9. The highest BCUT2D eigenvalue weighted by molar-refractivity contribution is 5.79. The van der Waals surface area contributed by atoms with E-state index >= 15 is 0 Å². The summed E-state index contributed by atoms with van der Waals surface area (Å²) in [6.45, 7) is 10.5. The van der Waals surface area contributed by atoms with E-state index < -0.39 is 0 Å². The topological polar surface area (TPSA) is 58.1 Å². The third-order valence-corrected chi connectivity index (χ3v) is 5.21. The average Bonchev–Trinajstić information content (AvgIpc) is 3.26. The zero-order valence-corrected chi connectivity index (χ0v) is 17.8. The van der Waals surface area contributed by atoms with Crippen molar-refractivity contribution in [2.45, 2.75) is 45.3 Å². The molecule has 6 nitrogen and oxygen atoms in total. The second-order valence-electron chi connectivity index (χ2n) is 7.09. The van der Waals surface area contributed by atoms with Crippen molar-refractivity contribution >= 4 is 5.96 Å². The number of rotatable bonds is 12. The van der Waals surface area contributed by atoms with Crippen LogP contribution in [0.4, 0.5) is 0 Å². The van der Waals surface area contributed by atoms with E-state index in [4.69, 9.17) is 9.47 Å². The summed E-state index contributed by atoms with van der Waals surface area (Å²) >= 11 is 0. The predicted octanol–water partition coefficient (Wildman–Crippen LogP) is 2.82. The number of aliphatic imine (C=N–C) groups is 1. The van der Waals surface area contributed by atoms with E-state index in [0.29, 0.717) is 12.1 Å². The average molecular weight is 391 g/mol. The van der Waals surface area contributed by atoms with E-state index in [1.54, 1.807) is 0 Å². The smallest absolute Gasteiger partial charge is 0.191 e. The first-order valence-corrected chi connectivity index (χ1v) is 10.7. The van der Waals surface area contributed by atoms with Crippen LogP contribution in [0.5, 0.6) is 0 Å². The van der Waals surface area contributed by atoms with Gasteiger partial charge in [0.05, 0.1) is 18.8 Å². The monoisotopic (exact) mass is 390 g/mol. The molecule has 1 aromatic carbocycles. The lowest BCUT2D eigenvalue weighted by molar-refractivity contribution is 0.0168. The van der Waals surface area contributed by atoms with Crippen LogP contribution < -0.4 is 10.6 Å². The van der Waals surface area contributed by atoms with Crippen LogP contribution in [0.25, 0.3) is 0 Å². The van der Waals surface area contributed by atoms with Gasteiger partial charge in [-0.3, -0.25) is 9.89 Å². The number of hydrogen-bond acceptors (Lipinski definition) is 4. The molecule has 0 aromatic heterocycles. The Morgan fingerprint density at radius 2 is 2.04 bits per heavy atom. The molecule has 1 aromatic rings. The highest BCUT2D eigenvalue weighted by Gasteiger charge is 2.18. The predicted molar refractivity (Wildman–Crippen MR) is 116 cm³/mol.